The molecular formula is C16H32N2O. The molecule has 2 fully saturated rings. The van der Waals surface area contributed by atoms with Crippen molar-refractivity contribution >= 4 is 0 Å². The summed E-state index contributed by atoms with van der Waals surface area (Å²) in [6.45, 7) is 10.9. The van der Waals surface area contributed by atoms with Gasteiger partial charge in [0, 0.05) is 36.1 Å². The van der Waals surface area contributed by atoms with Crippen LogP contribution in [0.15, 0.2) is 0 Å². The predicted octanol–water partition coefficient (Wildman–Crippen LogP) is 2.69. The van der Waals surface area contributed by atoms with Gasteiger partial charge in [-0.1, -0.05) is 40.0 Å². The van der Waals surface area contributed by atoms with Crippen LogP contribution in [0.4, 0.5) is 0 Å². The Morgan fingerprint density at radius 2 is 2.11 bits per heavy atom. The number of hydrogen-bond acceptors (Lipinski definition) is 3. The molecule has 1 aliphatic carbocycles. The van der Waals surface area contributed by atoms with Gasteiger partial charge < -0.3 is 15.8 Å². The summed E-state index contributed by atoms with van der Waals surface area (Å²) in [4.78, 5) is 0. The summed E-state index contributed by atoms with van der Waals surface area (Å²) in [6.07, 6.45) is 6.73. The first kappa shape index (κ1) is 15.3. The summed E-state index contributed by atoms with van der Waals surface area (Å²) in [5.41, 5.74) is 6.74. The molecule has 1 heterocycles. The fourth-order valence-electron chi connectivity index (χ4n) is 3.98. The van der Waals surface area contributed by atoms with Crippen LogP contribution in [0.2, 0.25) is 0 Å². The normalized spacial score (nSPS) is 37.7. The maximum Gasteiger partial charge on any atom is 0.0691 e. The van der Waals surface area contributed by atoms with E-state index in [1.54, 1.807) is 0 Å². The average Bonchev–Trinajstić information content (AvgIpc) is 2.84. The third-order valence-corrected chi connectivity index (χ3v) is 5.65. The second-order valence-electron chi connectivity index (χ2n) is 7.23. The van der Waals surface area contributed by atoms with E-state index in [0.717, 1.165) is 19.6 Å². The number of fused-ring (bicyclic) bond motifs is 1. The number of unbranched alkanes of at least 4 members (excludes halogenated alkanes) is 2. The Hall–Kier alpha value is -0.120. The lowest BCUT2D eigenvalue weighted by Gasteiger charge is -2.62. The summed E-state index contributed by atoms with van der Waals surface area (Å²) >= 11 is 0. The molecule has 19 heavy (non-hydrogen) atoms. The SMILES string of the molecule is CCCCCC(C)NCC1(N)C2CCOC2C1(C)C. The Bertz CT molecular complexity index is 305. The fourth-order valence-corrected chi connectivity index (χ4v) is 3.98. The molecule has 1 saturated heterocycles. The molecule has 0 amide bonds. The Kier molecular flexibility index (Phi) is 4.59. The third-order valence-electron chi connectivity index (χ3n) is 5.65. The van der Waals surface area contributed by atoms with E-state index in [2.05, 4.69) is 33.0 Å². The Morgan fingerprint density at radius 3 is 2.79 bits per heavy atom. The van der Waals surface area contributed by atoms with Crippen molar-refractivity contribution in [3.05, 3.63) is 0 Å². The van der Waals surface area contributed by atoms with Gasteiger partial charge in [-0.25, -0.2) is 0 Å². The molecule has 0 radical (unpaired) electrons. The van der Waals surface area contributed by atoms with E-state index >= 15 is 0 Å². The Balaban J connectivity index is 1.81. The topological polar surface area (TPSA) is 47.3 Å². The number of rotatable bonds is 7. The van der Waals surface area contributed by atoms with Gasteiger partial charge in [0.2, 0.25) is 0 Å². The first-order chi connectivity index (χ1) is 8.93. The maximum absolute atomic E-state index is 6.73. The van der Waals surface area contributed by atoms with Crippen LogP contribution in [0.25, 0.3) is 0 Å². The minimum absolute atomic E-state index is 0.0901. The van der Waals surface area contributed by atoms with Crippen molar-refractivity contribution in [3.63, 3.8) is 0 Å². The van der Waals surface area contributed by atoms with Gasteiger partial charge in [-0.3, -0.25) is 0 Å². The van der Waals surface area contributed by atoms with Crippen molar-refractivity contribution in [1.82, 2.24) is 5.32 Å². The van der Waals surface area contributed by atoms with Gasteiger partial charge in [0.1, 0.15) is 0 Å². The van der Waals surface area contributed by atoms with Crippen molar-refractivity contribution in [1.29, 1.82) is 0 Å². The van der Waals surface area contributed by atoms with Crippen LogP contribution < -0.4 is 11.1 Å². The number of hydrogen-bond donors (Lipinski definition) is 2. The van der Waals surface area contributed by atoms with E-state index in [4.69, 9.17) is 10.5 Å². The molecule has 0 aromatic heterocycles. The highest BCUT2D eigenvalue weighted by Crippen LogP contribution is 2.57. The number of nitrogens with one attached hydrogen (secondary N) is 1. The van der Waals surface area contributed by atoms with Gasteiger partial charge in [-0.05, 0) is 19.8 Å². The molecule has 1 saturated carbocycles. The van der Waals surface area contributed by atoms with E-state index in [0.29, 0.717) is 18.1 Å². The predicted molar refractivity (Wildman–Crippen MR) is 80.2 cm³/mol. The van der Waals surface area contributed by atoms with Crippen LogP contribution in [0, 0.1) is 11.3 Å². The smallest absolute Gasteiger partial charge is 0.0691 e. The first-order valence-electron chi connectivity index (χ1n) is 8.07. The van der Waals surface area contributed by atoms with Crippen molar-refractivity contribution in [2.45, 2.75) is 77.5 Å². The van der Waals surface area contributed by atoms with E-state index in [-0.39, 0.29) is 11.0 Å². The van der Waals surface area contributed by atoms with Crippen molar-refractivity contribution in [2.24, 2.45) is 17.1 Å². The van der Waals surface area contributed by atoms with Gasteiger partial charge in [-0.2, -0.15) is 0 Å². The summed E-state index contributed by atoms with van der Waals surface area (Å²) in [5, 5.41) is 3.67. The first-order valence-corrected chi connectivity index (χ1v) is 8.07. The van der Waals surface area contributed by atoms with E-state index in [1.807, 2.05) is 0 Å². The monoisotopic (exact) mass is 268 g/mol. The van der Waals surface area contributed by atoms with Gasteiger partial charge >= 0.3 is 0 Å². The summed E-state index contributed by atoms with van der Waals surface area (Å²) in [5.74, 6) is 0.554. The summed E-state index contributed by atoms with van der Waals surface area (Å²) in [7, 11) is 0. The lowest BCUT2D eigenvalue weighted by atomic mass is 9.48. The maximum atomic E-state index is 6.73. The zero-order chi connectivity index (χ0) is 14.1. The highest BCUT2D eigenvalue weighted by atomic mass is 16.5. The van der Waals surface area contributed by atoms with Crippen molar-refractivity contribution < 1.29 is 4.74 Å². The Labute approximate surface area is 118 Å². The zero-order valence-corrected chi connectivity index (χ0v) is 13.2. The summed E-state index contributed by atoms with van der Waals surface area (Å²) < 4.78 is 5.84. The van der Waals surface area contributed by atoms with Crippen LogP contribution in [-0.2, 0) is 4.74 Å². The minimum Gasteiger partial charge on any atom is -0.377 e. The molecule has 3 heteroatoms. The van der Waals surface area contributed by atoms with Crippen LogP contribution >= 0.6 is 0 Å². The highest BCUT2D eigenvalue weighted by Gasteiger charge is 2.67. The Morgan fingerprint density at radius 1 is 1.37 bits per heavy atom. The fraction of sp³-hybridized carbons (Fsp3) is 1.00. The quantitative estimate of drug-likeness (QED) is 0.698. The standard InChI is InChI=1S/C16H32N2O/c1-5-6-7-8-12(2)18-11-16(17)13-9-10-19-14(13)15(16,3)4/h12-14,18H,5-11,17H2,1-4H3. The molecule has 3 nitrogen and oxygen atoms in total. The summed E-state index contributed by atoms with van der Waals surface area (Å²) in [6, 6.07) is 0.573. The second kappa shape index (κ2) is 5.71. The van der Waals surface area contributed by atoms with Crippen molar-refractivity contribution in [2.75, 3.05) is 13.2 Å². The molecule has 3 N–H and O–H groups in total. The molecule has 1 aliphatic heterocycles. The molecular weight excluding hydrogens is 236 g/mol. The molecule has 0 aromatic carbocycles. The minimum atomic E-state index is -0.0901. The van der Waals surface area contributed by atoms with Gasteiger partial charge in [-0.15, -0.1) is 0 Å². The second-order valence-corrected chi connectivity index (χ2v) is 7.23. The highest BCUT2D eigenvalue weighted by molar-refractivity contribution is 5.21. The third kappa shape index (κ3) is 2.57. The lowest BCUT2D eigenvalue weighted by molar-refractivity contribution is -0.154. The number of nitrogens with two attached hydrogens (primary N) is 1. The lowest BCUT2D eigenvalue weighted by Crippen LogP contribution is -2.78. The number of ether oxygens (including phenoxy) is 1. The van der Waals surface area contributed by atoms with Crippen LogP contribution in [0.1, 0.15) is 59.8 Å². The van der Waals surface area contributed by atoms with Gasteiger partial charge in [0.25, 0.3) is 0 Å². The largest absolute Gasteiger partial charge is 0.377 e. The average molecular weight is 268 g/mol. The molecule has 0 spiro atoms. The van der Waals surface area contributed by atoms with Gasteiger partial charge in [0.15, 0.2) is 0 Å². The molecule has 0 bridgehead atoms. The molecule has 4 unspecified atom stereocenters. The zero-order valence-electron chi connectivity index (χ0n) is 13.2. The van der Waals surface area contributed by atoms with Crippen LogP contribution in [0.5, 0.6) is 0 Å². The molecule has 112 valence electrons. The molecule has 2 aliphatic rings. The van der Waals surface area contributed by atoms with Gasteiger partial charge in [0.05, 0.1) is 6.10 Å². The van der Waals surface area contributed by atoms with E-state index in [1.165, 1.54) is 25.7 Å². The molecule has 2 rings (SSSR count). The van der Waals surface area contributed by atoms with E-state index < -0.39 is 0 Å². The van der Waals surface area contributed by atoms with Crippen LogP contribution in [-0.4, -0.2) is 30.8 Å². The molecule has 4 atom stereocenters. The van der Waals surface area contributed by atoms with Crippen molar-refractivity contribution in [3.8, 4) is 0 Å². The van der Waals surface area contributed by atoms with E-state index in [9.17, 15) is 0 Å². The molecule has 0 aromatic rings. The van der Waals surface area contributed by atoms with Crippen LogP contribution in [0.3, 0.4) is 0 Å².